The molecule has 3 fully saturated rings. The topological polar surface area (TPSA) is 52.7 Å². The maximum atomic E-state index is 9.51. The van der Waals surface area contributed by atoms with E-state index in [2.05, 4.69) is 9.80 Å². The van der Waals surface area contributed by atoms with Crippen LogP contribution >= 0.6 is 0 Å². The molecule has 0 aromatic heterocycles. The SMILES string of the molecule is NC(CO)(CN1CCN(C2CC2)CC1)C1CC1. The molecule has 1 heterocycles. The summed E-state index contributed by atoms with van der Waals surface area (Å²) in [6, 6.07) is 0.890. The lowest BCUT2D eigenvalue weighted by Crippen LogP contribution is -2.58. The first kappa shape index (κ1) is 11.9. The van der Waals surface area contributed by atoms with E-state index in [1.54, 1.807) is 0 Å². The van der Waals surface area contributed by atoms with Gasteiger partial charge in [-0.15, -0.1) is 0 Å². The van der Waals surface area contributed by atoms with Crippen LogP contribution in [0.1, 0.15) is 25.7 Å². The van der Waals surface area contributed by atoms with Gasteiger partial charge in [0, 0.05) is 38.8 Å². The highest BCUT2D eigenvalue weighted by atomic mass is 16.3. The van der Waals surface area contributed by atoms with E-state index in [9.17, 15) is 5.11 Å². The number of hydrogen-bond acceptors (Lipinski definition) is 4. The molecule has 0 bridgehead atoms. The molecule has 0 aromatic carbocycles. The second-order valence-electron chi connectivity index (χ2n) is 6.21. The molecule has 0 spiro atoms. The van der Waals surface area contributed by atoms with Gasteiger partial charge in [-0.2, -0.15) is 0 Å². The third-order valence-corrected chi connectivity index (χ3v) is 4.67. The van der Waals surface area contributed by atoms with Crippen molar-refractivity contribution in [2.24, 2.45) is 11.7 Å². The molecule has 1 aliphatic heterocycles. The zero-order valence-electron chi connectivity index (χ0n) is 10.6. The zero-order valence-corrected chi connectivity index (χ0v) is 10.6. The van der Waals surface area contributed by atoms with E-state index in [1.807, 2.05) is 0 Å². The van der Waals surface area contributed by atoms with Crippen LogP contribution in [0.4, 0.5) is 0 Å². The fraction of sp³-hybridized carbons (Fsp3) is 1.00. The standard InChI is InChI=1S/C13H25N3O/c14-13(10-17,11-1-2-11)9-15-5-7-16(8-6-15)12-3-4-12/h11-12,17H,1-10,14H2. The Morgan fingerprint density at radius 1 is 1.06 bits per heavy atom. The number of hydrogen-bond donors (Lipinski definition) is 2. The highest BCUT2D eigenvalue weighted by Gasteiger charge is 2.43. The third kappa shape index (κ3) is 2.65. The van der Waals surface area contributed by atoms with Gasteiger partial charge in [0.05, 0.1) is 12.1 Å². The van der Waals surface area contributed by atoms with Gasteiger partial charge >= 0.3 is 0 Å². The fourth-order valence-corrected chi connectivity index (χ4v) is 3.11. The monoisotopic (exact) mass is 239 g/mol. The van der Waals surface area contributed by atoms with Gasteiger partial charge in [0.25, 0.3) is 0 Å². The molecule has 17 heavy (non-hydrogen) atoms. The molecule has 1 unspecified atom stereocenters. The van der Waals surface area contributed by atoms with Gasteiger partial charge in [-0.3, -0.25) is 9.80 Å². The van der Waals surface area contributed by atoms with Crippen molar-refractivity contribution >= 4 is 0 Å². The van der Waals surface area contributed by atoms with Crippen LogP contribution in [0.25, 0.3) is 0 Å². The molecular weight excluding hydrogens is 214 g/mol. The van der Waals surface area contributed by atoms with Crippen molar-refractivity contribution in [1.82, 2.24) is 9.80 Å². The second kappa shape index (κ2) is 4.50. The fourth-order valence-electron chi connectivity index (χ4n) is 3.11. The average molecular weight is 239 g/mol. The summed E-state index contributed by atoms with van der Waals surface area (Å²) in [5, 5.41) is 9.51. The first-order valence-electron chi connectivity index (χ1n) is 7.07. The number of aliphatic hydroxyl groups excluding tert-OH is 1. The van der Waals surface area contributed by atoms with Crippen LogP contribution in [0.5, 0.6) is 0 Å². The van der Waals surface area contributed by atoms with Gasteiger partial charge in [-0.1, -0.05) is 0 Å². The average Bonchev–Trinajstić information content (AvgIpc) is 3.20. The molecule has 1 saturated heterocycles. The Bertz CT molecular complexity index is 270. The summed E-state index contributed by atoms with van der Waals surface area (Å²) < 4.78 is 0. The minimum Gasteiger partial charge on any atom is -0.394 e. The summed E-state index contributed by atoms with van der Waals surface area (Å²) in [6.45, 7) is 5.66. The Hall–Kier alpha value is -0.160. The maximum absolute atomic E-state index is 9.51. The van der Waals surface area contributed by atoms with Crippen LogP contribution in [0.3, 0.4) is 0 Å². The molecule has 2 aliphatic carbocycles. The predicted octanol–water partition coefficient (Wildman–Crippen LogP) is -0.134. The van der Waals surface area contributed by atoms with Gasteiger partial charge in [-0.05, 0) is 31.6 Å². The smallest absolute Gasteiger partial charge is 0.0626 e. The molecule has 1 atom stereocenters. The first-order chi connectivity index (χ1) is 8.21. The van der Waals surface area contributed by atoms with Gasteiger partial charge < -0.3 is 10.8 Å². The minimum atomic E-state index is -0.332. The lowest BCUT2D eigenvalue weighted by molar-refractivity contribution is 0.0760. The molecule has 2 saturated carbocycles. The van der Waals surface area contributed by atoms with Crippen LogP contribution in [-0.2, 0) is 0 Å². The quantitative estimate of drug-likeness (QED) is 0.701. The van der Waals surface area contributed by atoms with Gasteiger partial charge in [0.2, 0.25) is 0 Å². The number of nitrogens with two attached hydrogens (primary N) is 1. The van der Waals surface area contributed by atoms with E-state index < -0.39 is 0 Å². The highest BCUT2D eigenvalue weighted by molar-refractivity contribution is 5.01. The number of nitrogens with zero attached hydrogens (tertiary/aromatic N) is 2. The summed E-state index contributed by atoms with van der Waals surface area (Å²) in [4.78, 5) is 5.07. The summed E-state index contributed by atoms with van der Waals surface area (Å²) in [5.74, 6) is 0.564. The predicted molar refractivity (Wildman–Crippen MR) is 67.8 cm³/mol. The Labute approximate surface area is 104 Å². The van der Waals surface area contributed by atoms with Gasteiger partial charge in [-0.25, -0.2) is 0 Å². The molecule has 4 heteroatoms. The molecule has 3 aliphatic rings. The third-order valence-electron chi connectivity index (χ3n) is 4.67. The minimum absolute atomic E-state index is 0.139. The Morgan fingerprint density at radius 2 is 1.71 bits per heavy atom. The zero-order chi connectivity index (χ0) is 11.9. The van der Waals surface area contributed by atoms with E-state index in [4.69, 9.17) is 5.73 Å². The molecule has 0 radical (unpaired) electrons. The molecular formula is C13H25N3O. The number of aliphatic hydroxyl groups is 1. The number of piperazine rings is 1. The lowest BCUT2D eigenvalue weighted by atomic mass is 9.94. The normalized spacial score (nSPS) is 31.4. The molecule has 3 rings (SSSR count). The van der Waals surface area contributed by atoms with Crippen LogP contribution in [0.2, 0.25) is 0 Å². The summed E-state index contributed by atoms with van der Waals surface area (Å²) in [5.41, 5.74) is 6.00. The van der Waals surface area contributed by atoms with Crippen LogP contribution in [0.15, 0.2) is 0 Å². The molecule has 0 aromatic rings. The van der Waals surface area contributed by atoms with E-state index in [-0.39, 0.29) is 12.1 Å². The second-order valence-corrected chi connectivity index (χ2v) is 6.21. The molecule has 0 amide bonds. The van der Waals surface area contributed by atoms with Crippen molar-refractivity contribution in [1.29, 1.82) is 0 Å². The lowest BCUT2D eigenvalue weighted by Gasteiger charge is -2.39. The van der Waals surface area contributed by atoms with Crippen molar-refractivity contribution in [3.8, 4) is 0 Å². The molecule has 3 N–H and O–H groups in total. The van der Waals surface area contributed by atoms with Crippen molar-refractivity contribution in [2.75, 3.05) is 39.3 Å². The molecule has 98 valence electrons. The van der Waals surface area contributed by atoms with Crippen molar-refractivity contribution in [3.63, 3.8) is 0 Å². The van der Waals surface area contributed by atoms with Crippen LogP contribution in [0, 0.1) is 5.92 Å². The van der Waals surface area contributed by atoms with Crippen LogP contribution < -0.4 is 5.73 Å². The Balaban J connectivity index is 1.48. The highest BCUT2D eigenvalue weighted by Crippen LogP contribution is 2.38. The van der Waals surface area contributed by atoms with Gasteiger partial charge in [0.1, 0.15) is 0 Å². The summed E-state index contributed by atoms with van der Waals surface area (Å²) in [6.07, 6.45) is 5.22. The maximum Gasteiger partial charge on any atom is 0.0626 e. The largest absolute Gasteiger partial charge is 0.394 e. The van der Waals surface area contributed by atoms with Gasteiger partial charge in [0.15, 0.2) is 0 Å². The van der Waals surface area contributed by atoms with Crippen molar-refractivity contribution in [3.05, 3.63) is 0 Å². The van der Waals surface area contributed by atoms with Crippen molar-refractivity contribution in [2.45, 2.75) is 37.3 Å². The molecule has 4 nitrogen and oxygen atoms in total. The van der Waals surface area contributed by atoms with E-state index in [0.29, 0.717) is 5.92 Å². The summed E-state index contributed by atoms with van der Waals surface area (Å²) >= 11 is 0. The van der Waals surface area contributed by atoms with Crippen LogP contribution in [-0.4, -0.2) is 65.8 Å². The number of rotatable bonds is 5. The Kier molecular flexibility index (Phi) is 3.15. The van der Waals surface area contributed by atoms with E-state index in [0.717, 1.165) is 25.7 Å². The van der Waals surface area contributed by atoms with Crippen molar-refractivity contribution < 1.29 is 5.11 Å². The Morgan fingerprint density at radius 3 is 2.18 bits per heavy atom. The van der Waals surface area contributed by atoms with E-state index in [1.165, 1.54) is 38.8 Å². The summed E-state index contributed by atoms with van der Waals surface area (Å²) in [7, 11) is 0. The van der Waals surface area contributed by atoms with E-state index >= 15 is 0 Å². The first-order valence-corrected chi connectivity index (χ1v) is 7.07.